The van der Waals surface area contributed by atoms with Crippen LogP contribution in [-0.4, -0.2) is 10.0 Å². The van der Waals surface area contributed by atoms with Crippen LogP contribution >= 0.6 is 0 Å². The van der Waals surface area contributed by atoms with Crippen LogP contribution in [0.2, 0.25) is 0 Å². The zero-order chi connectivity index (χ0) is 11.0. The third-order valence-corrected chi connectivity index (χ3v) is 2.14. The number of hydrogen-bond donors (Lipinski definition) is 1. The van der Waals surface area contributed by atoms with Crippen molar-refractivity contribution >= 4 is 16.7 Å². The summed E-state index contributed by atoms with van der Waals surface area (Å²) in [5.41, 5.74) is 0.553. The zero-order valence-corrected chi connectivity index (χ0v) is 8.01. The van der Waals surface area contributed by atoms with Gasteiger partial charge in [0.2, 0.25) is 0 Å². The molecule has 0 aliphatic heterocycles. The molecule has 0 radical (unpaired) electrons. The summed E-state index contributed by atoms with van der Waals surface area (Å²) < 4.78 is 5.29. The van der Waals surface area contributed by atoms with E-state index in [2.05, 4.69) is 0 Å². The summed E-state index contributed by atoms with van der Waals surface area (Å²) in [7, 11) is 0. The SMILES string of the molecule is C[C@@H](O)c1cc2cc([N+](=O)[O-])ccc2o1. The molecule has 1 heterocycles. The number of nitro benzene ring substituents is 1. The van der Waals surface area contributed by atoms with E-state index < -0.39 is 11.0 Å². The van der Waals surface area contributed by atoms with Gasteiger partial charge in [0.15, 0.2) is 0 Å². The van der Waals surface area contributed by atoms with Gasteiger partial charge >= 0.3 is 0 Å². The smallest absolute Gasteiger partial charge is 0.270 e. The van der Waals surface area contributed by atoms with Crippen LogP contribution in [0.5, 0.6) is 0 Å². The van der Waals surface area contributed by atoms with E-state index in [-0.39, 0.29) is 5.69 Å². The van der Waals surface area contributed by atoms with Crippen LogP contribution in [0.1, 0.15) is 18.8 Å². The molecule has 5 nitrogen and oxygen atoms in total. The highest BCUT2D eigenvalue weighted by Gasteiger charge is 2.12. The van der Waals surface area contributed by atoms with Gasteiger partial charge in [0.1, 0.15) is 17.4 Å². The molecule has 0 fully saturated rings. The highest BCUT2D eigenvalue weighted by atomic mass is 16.6. The van der Waals surface area contributed by atoms with Crippen molar-refractivity contribution in [3.05, 3.63) is 40.1 Å². The second-order valence-electron chi connectivity index (χ2n) is 3.30. The number of non-ortho nitro benzene ring substituents is 1. The minimum absolute atomic E-state index is 0.0143. The Hall–Kier alpha value is -1.88. The topological polar surface area (TPSA) is 76.5 Å². The first-order valence-electron chi connectivity index (χ1n) is 4.44. The minimum Gasteiger partial charge on any atom is -0.458 e. The lowest BCUT2D eigenvalue weighted by Crippen LogP contribution is -1.85. The highest BCUT2D eigenvalue weighted by Crippen LogP contribution is 2.26. The first-order valence-corrected chi connectivity index (χ1v) is 4.44. The lowest BCUT2D eigenvalue weighted by atomic mass is 10.2. The summed E-state index contributed by atoms with van der Waals surface area (Å²) in [5.74, 6) is 0.408. The van der Waals surface area contributed by atoms with Gasteiger partial charge in [-0.2, -0.15) is 0 Å². The molecule has 0 bridgehead atoms. The molecule has 78 valence electrons. The number of hydrogen-bond acceptors (Lipinski definition) is 4. The fourth-order valence-corrected chi connectivity index (χ4v) is 1.37. The van der Waals surface area contributed by atoms with Crippen LogP contribution in [0.3, 0.4) is 0 Å². The summed E-state index contributed by atoms with van der Waals surface area (Å²) >= 11 is 0. The molecule has 0 aliphatic rings. The van der Waals surface area contributed by atoms with Gasteiger partial charge in [-0.15, -0.1) is 0 Å². The normalized spacial score (nSPS) is 12.9. The van der Waals surface area contributed by atoms with E-state index in [1.165, 1.54) is 18.2 Å². The molecule has 5 heteroatoms. The Morgan fingerprint density at radius 3 is 2.80 bits per heavy atom. The summed E-state index contributed by atoms with van der Waals surface area (Å²) in [4.78, 5) is 10.0. The minimum atomic E-state index is -0.712. The zero-order valence-electron chi connectivity index (χ0n) is 8.01. The summed E-state index contributed by atoms with van der Waals surface area (Å²) in [6, 6.07) is 5.93. The molecular weight excluding hydrogens is 198 g/mol. The lowest BCUT2D eigenvalue weighted by Gasteiger charge is -1.95. The fraction of sp³-hybridized carbons (Fsp3) is 0.200. The third-order valence-electron chi connectivity index (χ3n) is 2.14. The van der Waals surface area contributed by atoms with E-state index in [4.69, 9.17) is 4.42 Å². The molecule has 0 unspecified atom stereocenters. The standard InChI is InChI=1S/C10H9NO4/c1-6(12)10-5-7-4-8(11(13)14)2-3-9(7)15-10/h2-6,12H,1H3/t6-/m1/s1. The Morgan fingerprint density at radius 1 is 1.47 bits per heavy atom. The molecule has 0 amide bonds. The van der Waals surface area contributed by atoms with E-state index in [1.807, 2.05) is 0 Å². The number of furan rings is 1. The van der Waals surface area contributed by atoms with Gasteiger partial charge < -0.3 is 9.52 Å². The fourth-order valence-electron chi connectivity index (χ4n) is 1.37. The van der Waals surface area contributed by atoms with Crippen molar-refractivity contribution in [2.45, 2.75) is 13.0 Å². The first-order chi connectivity index (χ1) is 7.08. The van der Waals surface area contributed by atoms with E-state index in [0.717, 1.165) is 0 Å². The predicted octanol–water partition coefficient (Wildman–Crippen LogP) is 2.39. The summed E-state index contributed by atoms with van der Waals surface area (Å²) in [5, 5.41) is 20.4. The number of rotatable bonds is 2. The monoisotopic (exact) mass is 207 g/mol. The molecule has 15 heavy (non-hydrogen) atoms. The van der Waals surface area contributed by atoms with Crippen molar-refractivity contribution in [3.63, 3.8) is 0 Å². The molecule has 1 aromatic carbocycles. The molecule has 2 rings (SSSR count). The average Bonchev–Trinajstić information content (AvgIpc) is 2.59. The maximum atomic E-state index is 10.5. The number of nitrogens with zero attached hydrogens (tertiary/aromatic N) is 1. The number of fused-ring (bicyclic) bond motifs is 1. The number of aliphatic hydroxyl groups is 1. The summed E-state index contributed by atoms with van der Waals surface area (Å²) in [6.07, 6.45) is -0.712. The van der Waals surface area contributed by atoms with Crippen LogP contribution in [0.25, 0.3) is 11.0 Å². The second-order valence-corrected chi connectivity index (χ2v) is 3.30. The van der Waals surface area contributed by atoms with Crippen molar-refractivity contribution < 1.29 is 14.4 Å². The molecule has 0 saturated heterocycles. The number of benzene rings is 1. The molecule has 1 aromatic heterocycles. The van der Waals surface area contributed by atoms with Gasteiger partial charge in [0.25, 0.3) is 5.69 Å². The molecule has 1 N–H and O–H groups in total. The van der Waals surface area contributed by atoms with Crippen LogP contribution in [0.4, 0.5) is 5.69 Å². The Morgan fingerprint density at radius 2 is 2.20 bits per heavy atom. The largest absolute Gasteiger partial charge is 0.458 e. The van der Waals surface area contributed by atoms with E-state index in [9.17, 15) is 15.2 Å². The van der Waals surface area contributed by atoms with Crippen molar-refractivity contribution in [2.75, 3.05) is 0 Å². The molecular formula is C10H9NO4. The molecule has 0 aliphatic carbocycles. The number of nitro groups is 1. The van der Waals surface area contributed by atoms with E-state index in [0.29, 0.717) is 16.7 Å². The maximum absolute atomic E-state index is 10.5. The summed E-state index contributed by atoms with van der Waals surface area (Å²) in [6.45, 7) is 1.58. The van der Waals surface area contributed by atoms with E-state index in [1.54, 1.807) is 13.0 Å². The first kappa shape index (κ1) is 9.67. The van der Waals surface area contributed by atoms with Gasteiger partial charge in [-0.25, -0.2) is 0 Å². The van der Waals surface area contributed by atoms with Crippen LogP contribution in [0, 0.1) is 10.1 Å². The second kappa shape index (κ2) is 3.36. The Bertz CT molecular complexity index is 515. The Kier molecular flexibility index (Phi) is 2.17. The van der Waals surface area contributed by atoms with Crippen molar-refractivity contribution in [1.82, 2.24) is 0 Å². The molecule has 2 aromatic rings. The van der Waals surface area contributed by atoms with Gasteiger partial charge in [-0.3, -0.25) is 10.1 Å². The average molecular weight is 207 g/mol. The Balaban J connectivity index is 2.57. The van der Waals surface area contributed by atoms with Crippen molar-refractivity contribution in [2.24, 2.45) is 0 Å². The van der Waals surface area contributed by atoms with Crippen LogP contribution in [-0.2, 0) is 0 Å². The third kappa shape index (κ3) is 1.69. The highest BCUT2D eigenvalue weighted by molar-refractivity contribution is 5.80. The number of aliphatic hydroxyl groups excluding tert-OH is 1. The Labute approximate surface area is 85.1 Å². The molecule has 0 saturated carbocycles. The molecule has 0 spiro atoms. The quantitative estimate of drug-likeness (QED) is 0.605. The molecule has 1 atom stereocenters. The van der Waals surface area contributed by atoms with Crippen molar-refractivity contribution in [1.29, 1.82) is 0 Å². The van der Waals surface area contributed by atoms with Gasteiger partial charge in [0.05, 0.1) is 4.92 Å². The van der Waals surface area contributed by atoms with Gasteiger partial charge in [-0.05, 0) is 19.1 Å². The van der Waals surface area contributed by atoms with E-state index >= 15 is 0 Å². The predicted molar refractivity (Wildman–Crippen MR) is 53.5 cm³/mol. The lowest BCUT2D eigenvalue weighted by molar-refractivity contribution is -0.384. The van der Waals surface area contributed by atoms with Gasteiger partial charge in [-0.1, -0.05) is 0 Å². The van der Waals surface area contributed by atoms with Crippen molar-refractivity contribution in [3.8, 4) is 0 Å². The maximum Gasteiger partial charge on any atom is 0.270 e. The van der Waals surface area contributed by atoms with Crippen LogP contribution < -0.4 is 0 Å². The van der Waals surface area contributed by atoms with Crippen LogP contribution in [0.15, 0.2) is 28.7 Å². The van der Waals surface area contributed by atoms with Gasteiger partial charge in [0, 0.05) is 17.5 Å².